The van der Waals surface area contributed by atoms with E-state index in [1.54, 1.807) is 0 Å². The number of oxime groups is 3. The second kappa shape index (κ2) is 19.1. The van der Waals surface area contributed by atoms with Gasteiger partial charge in [-0.3, -0.25) is 14.4 Å². The van der Waals surface area contributed by atoms with Gasteiger partial charge in [0.1, 0.15) is 17.3 Å². The van der Waals surface area contributed by atoms with Gasteiger partial charge in [-0.25, -0.2) is 14.4 Å². The Morgan fingerprint density at radius 1 is 0.467 bits per heavy atom. The molecule has 7 fully saturated rings. The van der Waals surface area contributed by atoms with Crippen LogP contribution in [0.25, 0.3) is 0 Å². The van der Waals surface area contributed by atoms with Gasteiger partial charge in [0.05, 0.1) is 37.0 Å². The van der Waals surface area contributed by atoms with Crippen molar-refractivity contribution in [3.05, 3.63) is 0 Å². The number of hydrogen-bond acceptors (Lipinski definition) is 15. The maximum absolute atomic E-state index is 15.2. The van der Waals surface area contributed by atoms with Crippen molar-refractivity contribution in [1.82, 2.24) is 0 Å². The number of hydrogen-bond donors (Lipinski definition) is 0. The first-order chi connectivity index (χ1) is 28.9. The van der Waals surface area contributed by atoms with Crippen LogP contribution in [-0.2, 0) is 57.5 Å². The zero-order chi connectivity index (χ0) is 42.8. The molecule has 9 unspecified atom stereocenters. The Balaban J connectivity index is 1.29. The van der Waals surface area contributed by atoms with Crippen LogP contribution in [0.2, 0.25) is 0 Å². The number of nitrogens with zero attached hydrogens (tertiary/aromatic N) is 3. The van der Waals surface area contributed by atoms with Gasteiger partial charge < -0.3 is 28.7 Å². The van der Waals surface area contributed by atoms with Crippen LogP contribution in [0.15, 0.2) is 15.5 Å². The highest BCUT2D eigenvalue weighted by atomic mass is 16.7. The van der Waals surface area contributed by atoms with E-state index in [1.165, 1.54) is 20.8 Å². The first-order valence-electron chi connectivity index (χ1n) is 22.5. The number of Topliss-reactive ketones (excluding diaryl/α,β-unsaturated/α-hetero) is 3. The molecule has 9 atom stereocenters. The van der Waals surface area contributed by atoms with E-state index in [4.69, 9.17) is 28.7 Å². The molecule has 0 saturated heterocycles. The van der Waals surface area contributed by atoms with E-state index in [1.807, 2.05) is 20.8 Å². The van der Waals surface area contributed by atoms with Crippen LogP contribution < -0.4 is 0 Å². The van der Waals surface area contributed by atoms with Crippen molar-refractivity contribution in [3.8, 4) is 0 Å². The number of carbonyl (C=O) groups is 6. The molecule has 7 aliphatic rings. The smallest absolute Gasteiger partial charge is 0.331 e. The summed E-state index contributed by atoms with van der Waals surface area (Å²) in [6.45, 7) is 11.6. The van der Waals surface area contributed by atoms with Gasteiger partial charge in [0.25, 0.3) is 0 Å². The third-order valence-corrected chi connectivity index (χ3v) is 15.4. The van der Waals surface area contributed by atoms with Gasteiger partial charge in [0, 0.05) is 93.9 Å². The number of ketones is 3. The SMILES string of the molecule is CCOCC(=NOC(C)=O)C1CCC2C(=O)C3C(C2C1)C1C(=O)C2CCC(C(COCC)=NOC(C)=O)CC2C1C1C(=O)C2CCC(C(COCC)=NOC(C)=O)CC2C31. The fraction of sp³-hybridized carbons (Fsp3) is 0.800. The molecule has 330 valence electrons. The fourth-order valence-electron chi connectivity index (χ4n) is 13.4. The number of rotatable bonds is 15. The predicted molar refractivity (Wildman–Crippen MR) is 216 cm³/mol. The van der Waals surface area contributed by atoms with E-state index in [0.29, 0.717) is 94.7 Å². The minimum atomic E-state index is -0.525. The summed E-state index contributed by atoms with van der Waals surface area (Å²) in [5.41, 5.74) is 1.90. The van der Waals surface area contributed by atoms with Gasteiger partial charge >= 0.3 is 17.9 Å². The lowest BCUT2D eigenvalue weighted by Gasteiger charge is -2.49. The molecule has 7 rings (SSSR count). The summed E-state index contributed by atoms with van der Waals surface area (Å²) >= 11 is 0. The normalized spacial score (nSPS) is 38.6. The highest BCUT2D eigenvalue weighted by molar-refractivity contribution is 5.98. The molecule has 15 nitrogen and oxygen atoms in total. The molecule has 0 aromatic carbocycles. The predicted octanol–water partition coefficient (Wildman–Crippen LogP) is 5.41. The summed E-state index contributed by atoms with van der Waals surface area (Å²) in [4.78, 5) is 96.5. The van der Waals surface area contributed by atoms with Crippen LogP contribution in [0.4, 0.5) is 0 Å². The average molecular weight is 838 g/mol. The molecular weight excluding hydrogens is 775 g/mol. The Kier molecular flexibility index (Phi) is 14.2. The third kappa shape index (κ3) is 8.56. The standard InChI is InChI=1S/C45H63N3O12/c1-7-55-19-34(46-58-22(4)49)25-10-13-28-31(16-25)37-40(43(28)52)38-33-18-27(36(21-57-9-3)48-60-24(6)51)12-15-30(33)45(54)42(38)39-32-17-26(11-14-29(32)44(53)41(37)39)35(20-56-8-2)47-59-23(5)50/h25-33,37-42H,7-21H2,1-6H3. The van der Waals surface area contributed by atoms with Gasteiger partial charge in [-0.1, -0.05) is 15.5 Å². The van der Waals surface area contributed by atoms with Gasteiger partial charge in [0.2, 0.25) is 0 Å². The van der Waals surface area contributed by atoms with Crippen molar-refractivity contribution >= 4 is 52.4 Å². The van der Waals surface area contributed by atoms with Gasteiger partial charge in [-0.15, -0.1) is 0 Å². The highest BCUT2D eigenvalue weighted by Crippen LogP contribution is 2.70. The Bertz CT molecular complexity index is 1560. The molecule has 0 N–H and O–H groups in total. The Labute approximate surface area is 352 Å². The molecule has 15 heteroatoms. The van der Waals surface area contributed by atoms with E-state index in [0.717, 1.165) is 0 Å². The molecular formula is C45H63N3O12. The first-order valence-corrected chi connectivity index (χ1v) is 22.5. The minimum absolute atomic E-state index is 0.0997. The van der Waals surface area contributed by atoms with Gasteiger partial charge in [-0.2, -0.15) is 0 Å². The van der Waals surface area contributed by atoms with Crippen LogP contribution in [-0.4, -0.2) is 92.0 Å². The monoisotopic (exact) mass is 837 g/mol. The molecule has 0 bridgehead atoms. The van der Waals surface area contributed by atoms with Crippen LogP contribution >= 0.6 is 0 Å². The van der Waals surface area contributed by atoms with Crippen LogP contribution in [0.1, 0.15) is 99.3 Å². The van der Waals surface area contributed by atoms with Crippen LogP contribution in [0.3, 0.4) is 0 Å². The Morgan fingerprint density at radius 2 is 0.733 bits per heavy atom. The van der Waals surface area contributed by atoms with Crippen molar-refractivity contribution < 1.29 is 57.5 Å². The quantitative estimate of drug-likeness (QED) is 0.116. The van der Waals surface area contributed by atoms with E-state index in [-0.39, 0.29) is 108 Å². The third-order valence-electron chi connectivity index (χ3n) is 15.4. The maximum atomic E-state index is 15.2. The zero-order valence-corrected chi connectivity index (χ0v) is 36.0. The molecule has 7 saturated carbocycles. The summed E-state index contributed by atoms with van der Waals surface area (Å²) in [5, 5.41) is 12.8. The van der Waals surface area contributed by atoms with Crippen molar-refractivity contribution in [2.24, 2.45) is 104 Å². The van der Waals surface area contributed by atoms with Gasteiger partial charge in [-0.05, 0) is 114 Å². The summed E-state index contributed by atoms with van der Waals surface area (Å²) in [6.07, 6.45) is 5.72. The van der Waals surface area contributed by atoms with E-state index >= 15 is 14.4 Å². The molecule has 0 heterocycles. The summed E-state index contributed by atoms with van der Waals surface area (Å²) in [6, 6.07) is 0. The minimum Gasteiger partial charge on any atom is -0.376 e. The number of ether oxygens (including phenoxy) is 3. The van der Waals surface area contributed by atoms with Crippen LogP contribution in [0, 0.1) is 88.8 Å². The summed E-state index contributed by atoms with van der Waals surface area (Å²) in [5.74, 6) is -4.42. The van der Waals surface area contributed by atoms with E-state index in [2.05, 4.69) is 15.5 Å². The molecule has 0 amide bonds. The lowest BCUT2D eigenvalue weighted by molar-refractivity contribution is -0.142. The lowest BCUT2D eigenvalue weighted by atomic mass is 9.53. The second-order valence-corrected chi connectivity index (χ2v) is 18.3. The molecule has 0 aromatic rings. The average Bonchev–Trinajstić information content (AvgIpc) is 3.80. The second-order valence-electron chi connectivity index (χ2n) is 18.3. The molecule has 60 heavy (non-hydrogen) atoms. The Hall–Kier alpha value is -3.69. The number of fused-ring (bicyclic) bond motifs is 12. The highest BCUT2D eigenvalue weighted by Gasteiger charge is 2.73. The van der Waals surface area contributed by atoms with Crippen LogP contribution in [0.5, 0.6) is 0 Å². The van der Waals surface area contributed by atoms with Crippen molar-refractivity contribution in [2.45, 2.75) is 99.3 Å². The lowest BCUT2D eigenvalue weighted by Crippen LogP contribution is -2.50. The summed E-state index contributed by atoms with van der Waals surface area (Å²) < 4.78 is 17.4. The maximum Gasteiger partial charge on any atom is 0.331 e. The molecule has 0 spiro atoms. The Morgan fingerprint density at radius 3 is 0.967 bits per heavy atom. The largest absolute Gasteiger partial charge is 0.376 e. The fourth-order valence-corrected chi connectivity index (χ4v) is 13.4. The first kappa shape index (κ1) is 44.4. The molecule has 7 aliphatic carbocycles. The molecule has 0 radical (unpaired) electrons. The number of carbonyl (C=O) groups excluding carboxylic acids is 6. The van der Waals surface area contributed by atoms with E-state index in [9.17, 15) is 14.4 Å². The molecule has 0 aliphatic heterocycles. The zero-order valence-electron chi connectivity index (χ0n) is 36.0. The van der Waals surface area contributed by atoms with Crippen molar-refractivity contribution in [2.75, 3.05) is 39.6 Å². The van der Waals surface area contributed by atoms with Crippen molar-refractivity contribution in [1.29, 1.82) is 0 Å². The summed E-state index contributed by atoms with van der Waals surface area (Å²) in [7, 11) is 0. The topological polar surface area (TPSA) is 195 Å². The van der Waals surface area contributed by atoms with Crippen molar-refractivity contribution in [3.63, 3.8) is 0 Å². The van der Waals surface area contributed by atoms with E-state index < -0.39 is 35.7 Å². The van der Waals surface area contributed by atoms with Gasteiger partial charge in [0.15, 0.2) is 0 Å². The molecule has 0 aromatic heterocycles.